The molecule has 4 amide bonds. The highest BCUT2D eigenvalue weighted by atomic mass is 35.5. The van der Waals surface area contributed by atoms with Gasteiger partial charge in [-0.3, -0.25) is 29.0 Å². The molecule has 4 aliphatic heterocycles. The van der Waals surface area contributed by atoms with E-state index >= 15 is 0 Å². The molecule has 104 heavy (non-hydrogen) atoms. The normalized spacial score (nSPS) is 21.0. The molecule has 18 nitrogen and oxygen atoms in total. The number of carbonyl (C=O) groups is 4. The summed E-state index contributed by atoms with van der Waals surface area (Å²) in [5, 5.41) is 17.7. The molecule has 5 heterocycles. The van der Waals surface area contributed by atoms with Crippen LogP contribution >= 0.6 is 34.7 Å². The second-order valence-electron chi connectivity index (χ2n) is 30.3. The molecule has 26 heteroatoms. The van der Waals surface area contributed by atoms with Crippen LogP contribution in [0.25, 0.3) is 16.0 Å². The number of nitrogens with one attached hydrogen (secondary N) is 3. The number of alkyl halides is 3. The Morgan fingerprint density at radius 2 is 1.49 bits per heavy atom. The lowest BCUT2D eigenvalue weighted by Gasteiger charge is -2.38. The molecule has 5 aromatic carbocycles. The molecule has 1 spiro atoms. The van der Waals surface area contributed by atoms with Crippen molar-refractivity contribution in [1.82, 2.24) is 34.6 Å². The van der Waals surface area contributed by atoms with Gasteiger partial charge in [0, 0.05) is 123 Å². The van der Waals surface area contributed by atoms with E-state index in [1.165, 1.54) is 59.9 Å². The lowest BCUT2D eigenvalue weighted by atomic mass is 9.76. The van der Waals surface area contributed by atoms with E-state index in [9.17, 15) is 54.3 Å². The van der Waals surface area contributed by atoms with Gasteiger partial charge in [0.15, 0.2) is 0 Å². The lowest BCUT2D eigenvalue weighted by Crippen LogP contribution is -2.50. The minimum atomic E-state index is -6.17. The Balaban J connectivity index is 0.617. The molecule has 1 aromatic heterocycles. The number of fused-ring (bicyclic) bond motifs is 2. The summed E-state index contributed by atoms with van der Waals surface area (Å²) in [4.78, 5) is 70.3. The molecule has 2 aliphatic carbocycles. The molecule has 0 unspecified atom stereocenters. The second-order valence-corrected chi connectivity index (χ2v) is 36.3. The number of aryl methyl sites for hydroxylation is 1. The van der Waals surface area contributed by atoms with Crippen molar-refractivity contribution >= 4 is 95.1 Å². The summed E-state index contributed by atoms with van der Waals surface area (Å²) >= 11 is 9.24. The molecule has 1 saturated carbocycles. The Morgan fingerprint density at radius 3 is 2.14 bits per heavy atom. The van der Waals surface area contributed by atoms with Gasteiger partial charge in [0.25, 0.3) is 25.8 Å². The van der Waals surface area contributed by atoms with Crippen LogP contribution in [0, 0.1) is 23.7 Å². The number of unbranched alkanes of at least 4 members (excludes halogenated alkanes) is 3. The maximum Gasteiger partial charge on any atom is 0.501 e. The van der Waals surface area contributed by atoms with Crippen LogP contribution in [0.3, 0.4) is 0 Å². The van der Waals surface area contributed by atoms with Crippen molar-refractivity contribution in [2.45, 2.75) is 181 Å². The summed E-state index contributed by atoms with van der Waals surface area (Å²) in [6, 6.07) is 32.5. The summed E-state index contributed by atoms with van der Waals surface area (Å²) in [6.45, 7) is 15.5. The van der Waals surface area contributed by atoms with E-state index in [4.69, 9.17) is 11.6 Å². The van der Waals surface area contributed by atoms with Crippen LogP contribution in [0.15, 0.2) is 147 Å². The van der Waals surface area contributed by atoms with Gasteiger partial charge in [0.1, 0.15) is 10.9 Å². The second kappa shape index (κ2) is 32.3. The smallest absolute Gasteiger partial charge is 0.391 e. The van der Waals surface area contributed by atoms with Crippen molar-refractivity contribution in [1.29, 1.82) is 0 Å². The fraction of sp³-hybridized carbons (Fsp3) is 0.500. The van der Waals surface area contributed by atoms with Crippen molar-refractivity contribution in [2.75, 3.05) is 74.9 Å². The lowest BCUT2D eigenvalue weighted by molar-refractivity contribution is -0.145. The van der Waals surface area contributed by atoms with Crippen molar-refractivity contribution < 1.29 is 54.3 Å². The molecule has 6 aliphatic rings. The van der Waals surface area contributed by atoms with Crippen LogP contribution in [0.5, 0.6) is 0 Å². The van der Waals surface area contributed by atoms with Gasteiger partial charge in [-0.05, 0) is 171 Å². The van der Waals surface area contributed by atoms with Gasteiger partial charge in [0.05, 0.1) is 38.8 Å². The van der Waals surface area contributed by atoms with E-state index in [0.717, 1.165) is 116 Å². The number of likely N-dealkylation sites (tertiary alicyclic amines) is 3. The Bertz CT molecular complexity index is 4320. The molecule has 6 aromatic rings. The Labute approximate surface area is 622 Å². The predicted octanol–water partition coefficient (Wildman–Crippen LogP) is 13.8. The number of benzene rings is 5. The SMILES string of the molecule is Cc1ncsc1-c1ccc([C@H](C)NC(=O)[C@@H]2C[C@@H](O)CN2C(=O)[C@@H](CCCCCCC(=O)N2C[C@@H]3C[C@H]2CN3CC[C@H](CSc2ccccc2)Nc2ccc(S(=O)(=O)NC(=O)c3ccc(N4CCN(CC5=C(c6ccc(Cl)cc6)CCC6(CC6)C5)CC4)cc3)cc2S(=O)(=O)C(F)(F)F)C(C)(C)C)cc1. The molecule has 4 saturated heterocycles. The van der Waals surface area contributed by atoms with Crippen molar-refractivity contribution in [2.24, 2.45) is 16.7 Å². The van der Waals surface area contributed by atoms with Crippen LogP contribution in [-0.4, -0.2) is 171 Å². The number of aliphatic hydroxyl groups is 1. The van der Waals surface area contributed by atoms with Gasteiger partial charge in [-0.25, -0.2) is 26.5 Å². The summed E-state index contributed by atoms with van der Waals surface area (Å²) < 4.78 is 101. The number of aliphatic hydroxyl groups excluding tert-OH is 1. The first kappa shape index (κ1) is 76.8. The predicted molar refractivity (Wildman–Crippen MR) is 404 cm³/mol. The van der Waals surface area contributed by atoms with Gasteiger partial charge in [-0.1, -0.05) is 112 Å². The summed E-state index contributed by atoms with van der Waals surface area (Å²) in [5.41, 5.74) is 3.45. The molecular weight excluding hydrogens is 1430 g/mol. The van der Waals surface area contributed by atoms with E-state index in [2.05, 4.69) is 42.5 Å². The molecule has 0 radical (unpaired) electrons. The number of nitrogens with zero attached hydrogens (tertiary/aromatic N) is 6. The van der Waals surface area contributed by atoms with Gasteiger partial charge < -0.3 is 30.4 Å². The number of hydrogen-bond donors (Lipinski definition) is 4. The Kier molecular flexibility index (Phi) is 23.9. The van der Waals surface area contributed by atoms with Crippen LogP contribution < -0.4 is 20.3 Å². The third-order valence-electron chi connectivity index (χ3n) is 22.0. The van der Waals surface area contributed by atoms with E-state index in [0.29, 0.717) is 67.6 Å². The third-order valence-corrected chi connectivity index (χ3v) is 27.3. The third kappa shape index (κ3) is 18.2. The molecule has 2 bridgehead atoms. The minimum Gasteiger partial charge on any atom is -0.391 e. The molecule has 12 rings (SSSR count). The first-order chi connectivity index (χ1) is 49.5. The van der Waals surface area contributed by atoms with Crippen molar-refractivity contribution in [3.8, 4) is 10.4 Å². The number of amides is 4. The van der Waals surface area contributed by atoms with Crippen LogP contribution in [0.1, 0.15) is 151 Å². The average molecular weight is 1520 g/mol. The van der Waals surface area contributed by atoms with E-state index < -0.39 is 76.3 Å². The first-order valence-corrected chi connectivity index (χ1v) is 41.6. The molecule has 5 fully saturated rings. The zero-order valence-corrected chi connectivity index (χ0v) is 63.7. The van der Waals surface area contributed by atoms with Gasteiger partial charge >= 0.3 is 5.51 Å². The fourth-order valence-corrected chi connectivity index (χ4v) is 19.8. The monoisotopic (exact) mass is 1520 g/mol. The first-order valence-electron chi connectivity index (χ1n) is 36.4. The zero-order chi connectivity index (χ0) is 73.9. The van der Waals surface area contributed by atoms with Crippen molar-refractivity contribution in [3.05, 3.63) is 160 Å². The largest absolute Gasteiger partial charge is 0.501 e. The number of thiazole rings is 1. The summed E-state index contributed by atoms with van der Waals surface area (Å²) in [6.07, 6.45) is 10.3. The maximum atomic E-state index is 14.7. The highest BCUT2D eigenvalue weighted by molar-refractivity contribution is 7.99. The number of anilines is 2. The number of piperazine rings is 2. The number of aromatic nitrogens is 1. The van der Waals surface area contributed by atoms with Gasteiger partial charge in [-0.2, -0.15) is 13.2 Å². The number of rotatable bonds is 28. The number of hydrogen-bond acceptors (Lipinski definition) is 16. The van der Waals surface area contributed by atoms with Crippen LogP contribution in [-0.2, 0) is 34.2 Å². The van der Waals surface area contributed by atoms with E-state index in [1.54, 1.807) is 28.4 Å². The standard InChI is InChI=1S/C78H95ClF3N9O9S4/c1-51(53-17-19-55(20-18-53)72-52(2)83-50-102-72)84-74(95)69-42-63(92)48-91(69)75(96)67(76(3,4)5)15-11-6-7-12-16-71(93)90-47-61-41-62(90)46-89(61)36-32-59(49-101-64-13-9-8-10-14-64)85-68-30-29-65(43-70(68)103(97,98)78(80,81)82)104(99,100)86-73(94)56-23-27-60(28-24-56)88-39-37-87(38-40-88)45-57-44-77(34-35-77)33-31-66(57)54-21-25-58(79)26-22-54/h8-10,13-14,17-30,43,50-51,59,61-63,67,69,85,92H,6-7,11-12,15-16,31-42,44-49H2,1-5H3,(H,84,95)(H,86,94)/t51-,59+,61-,62-,63+,67+,69-/m0/s1. The molecule has 558 valence electrons. The van der Waals surface area contributed by atoms with E-state index in [1.807, 2.05) is 116 Å². The number of carbonyl (C=O) groups excluding carboxylic acids is 4. The maximum absolute atomic E-state index is 14.7. The number of allylic oxidation sites excluding steroid dienone is 1. The molecular formula is C78H95ClF3N9O9S4. The zero-order valence-electron chi connectivity index (χ0n) is 59.7. The topological polar surface area (TPSA) is 222 Å². The van der Waals surface area contributed by atoms with Gasteiger partial charge in [-0.15, -0.1) is 23.1 Å². The minimum absolute atomic E-state index is 0.0244. The Hall–Kier alpha value is -6.84. The number of sulfonamides is 1. The average Bonchev–Trinajstić information content (AvgIpc) is 1.51. The van der Waals surface area contributed by atoms with Gasteiger partial charge in [0.2, 0.25) is 17.7 Å². The van der Waals surface area contributed by atoms with Crippen molar-refractivity contribution in [3.63, 3.8) is 0 Å². The van der Waals surface area contributed by atoms with E-state index in [-0.39, 0.29) is 54.4 Å². The number of sulfone groups is 1. The fourth-order valence-electron chi connectivity index (χ4n) is 15.8. The number of halogens is 4. The van der Waals surface area contributed by atoms with Crippen LogP contribution in [0.4, 0.5) is 24.5 Å². The summed E-state index contributed by atoms with van der Waals surface area (Å²) in [7, 11) is -11.1. The van der Waals surface area contributed by atoms with Crippen LogP contribution in [0.2, 0.25) is 5.02 Å². The highest BCUT2D eigenvalue weighted by Crippen LogP contribution is 2.59. The number of β-amino-alcohol motifs (C(OH)–C–C–N with tert-alkyl or cyclic N) is 1. The number of thioether (sulfide) groups is 1. The molecule has 4 N–H and O–H groups in total. The Morgan fingerprint density at radius 1 is 0.788 bits per heavy atom. The highest BCUT2D eigenvalue weighted by Gasteiger charge is 2.50. The quantitative estimate of drug-likeness (QED) is 0.0265. The summed E-state index contributed by atoms with van der Waals surface area (Å²) in [5.74, 6) is -1.55. The molecule has 7 atom stereocenters.